The van der Waals surface area contributed by atoms with Gasteiger partial charge < -0.3 is 14.6 Å². The van der Waals surface area contributed by atoms with Crippen molar-refractivity contribution in [2.45, 2.75) is 39.1 Å². The Morgan fingerprint density at radius 1 is 1.06 bits per heavy atom. The predicted molar refractivity (Wildman–Crippen MR) is 121 cm³/mol. The number of aromatic nitrogens is 1. The number of hydrogen-bond acceptors (Lipinski definition) is 6. The highest BCUT2D eigenvalue weighted by Gasteiger charge is 2.32. The van der Waals surface area contributed by atoms with Crippen LogP contribution in [0.25, 0.3) is 0 Å². The summed E-state index contributed by atoms with van der Waals surface area (Å²) in [7, 11) is -4.11. The zero-order chi connectivity index (χ0) is 23.3. The van der Waals surface area contributed by atoms with E-state index in [1.54, 1.807) is 31.2 Å². The first-order valence-electron chi connectivity index (χ1n) is 10.2. The molecule has 0 radical (unpaired) electrons. The molecule has 1 aromatic heterocycles. The fourth-order valence-electron chi connectivity index (χ4n) is 3.24. The average Bonchev–Trinajstić information content (AvgIpc) is 3.11. The van der Waals surface area contributed by atoms with E-state index in [4.69, 9.17) is 9.26 Å². The molecule has 0 fully saturated rings. The van der Waals surface area contributed by atoms with Crippen LogP contribution in [0.2, 0.25) is 0 Å². The van der Waals surface area contributed by atoms with E-state index in [9.17, 15) is 13.2 Å². The minimum Gasteiger partial charge on any atom is -0.494 e. The Morgan fingerprint density at radius 2 is 1.72 bits per heavy atom. The third kappa shape index (κ3) is 5.28. The molecule has 0 atom stereocenters. The molecule has 0 unspecified atom stereocenters. The van der Waals surface area contributed by atoms with Crippen molar-refractivity contribution in [2.75, 3.05) is 17.5 Å². The van der Waals surface area contributed by atoms with Crippen LogP contribution in [0.3, 0.4) is 0 Å². The minimum atomic E-state index is -4.11. The number of nitrogens with one attached hydrogen (secondary N) is 1. The topological polar surface area (TPSA) is 102 Å². The summed E-state index contributed by atoms with van der Waals surface area (Å²) in [5, 5.41) is 6.55. The van der Waals surface area contributed by atoms with Gasteiger partial charge in [0.05, 0.1) is 12.3 Å². The molecule has 170 valence electrons. The van der Waals surface area contributed by atoms with Gasteiger partial charge in [-0.25, -0.2) is 8.42 Å². The van der Waals surface area contributed by atoms with E-state index in [-0.39, 0.29) is 16.3 Å². The van der Waals surface area contributed by atoms with Crippen LogP contribution >= 0.6 is 0 Å². The standard InChI is InChI=1S/C23H27N3O5S/c1-5-30-21-12-10-20(11-13-21)26(32(28,29)23-17(3)25-31-18(23)4)15-22(27)24-14-19-8-6-16(2)7-9-19/h6-13H,5,14-15H2,1-4H3,(H,24,27). The van der Waals surface area contributed by atoms with Crippen LogP contribution in [0.4, 0.5) is 5.69 Å². The van der Waals surface area contributed by atoms with Crippen LogP contribution in [0.15, 0.2) is 57.9 Å². The molecule has 0 aliphatic rings. The van der Waals surface area contributed by atoms with Crippen LogP contribution in [0.5, 0.6) is 5.75 Å². The van der Waals surface area contributed by atoms with Gasteiger partial charge in [0.25, 0.3) is 10.0 Å². The molecule has 1 N–H and O–H groups in total. The zero-order valence-electron chi connectivity index (χ0n) is 18.6. The van der Waals surface area contributed by atoms with Crippen LogP contribution in [-0.4, -0.2) is 32.6 Å². The summed E-state index contributed by atoms with van der Waals surface area (Å²) in [5.74, 6) is 0.336. The molecule has 2 aromatic carbocycles. The Hall–Kier alpha value is -3.33. The highest BCUT2D eigenvalue weighted by atomic mass is 32.2. The molecule has 8 nitrogen and oxygen atoms in total. The van der Waals surface area contributed by atoms with Gasteiger partial charge in [0.2, 0.25) is 5.91 Å². The summed E-state index contributed by atoms with van der Waals surface area (Å²) in [5.41, 5.74) is 2.61. The van der Waals surface area contributed by atoms with E-state index in [2.05, 4.69) is 10.5 Å². The third-order valence-corrected chi connectivity index (χ3v) is 6.87. The van der Waals surface area contributed by atoms with Crippen molar-refractivity contribution in [3.63, 3.8) is 0 Å². The lowest BCUT2D eigenvalue weighted by atomic mass is 10.1. The summed E-state index contributed by atoms with van der Waals surface area (Å²) in [6.07, 6.45) is 0. The number of amides is 1. The van der Waals surface area contributed by atoms with E-state index < -0.39 is 22.5 Å². The smallest absolute Gasteiger partial charge is 0.270 e. The fraction of sp³-hybridized carbons (Fsp3) is 0.304. The number of rotatable bonds is 9. The summed E-state index contributed by atoms with van der Waals surface area (Å²) >= 11 is 0. The molecule has 0 spiro atoms. The lowest BCUT2D eigenvalue weighted by Crippen LogP contribution is -2.41. The van der Waals surface area contributed by atoms with Gasteiger partial charge in [-0.15, -0.1) is 0 Å². The number of sulfonamides is 1. The Balaban J connectivity index is 1.88. The SMILES string of the molecule is CCOc1ccc(N(CC(=O)NCc2ccc(C)cc2)S(=O)(=O)c2c(C)noc2C)cc1. The number of nitrogens with zero attached hydrogens (tertiary/aromatic N) is 2. The maximum absolute atomic E-state index is 13.5. The van der Waals surface area contributed by atoms with Gasteiger partial charge >= 0.3 is 0 Å². The molecule has 1 amide bonds. The maximum atomic E-state index is 13.5. The van der Waals surface area contributed by atoms with Gasteiger partial charge in [-0.05, 0) is 57.5 Å². The number of aryl methyl sites for hydroxylation is 3. The normalized spacial score (nSPS) is 11.2. The monoisotopic (exact) mass is 457 g/mol. The van der Waals surface area contributed by atoms with Crippen LogP contribution in [0.1, 0.15) is 29.5 Å². The summed E-state index contributed by atoms with van der Waals surface area (Å²) in [6, 6.07) is 14.3. The molecule has 9 heteroatoms. The second-order valence-electron chi connectivity index (χ2n) is 7.35. The van der Waals surface area contributed by atoms with Crippen molar-refractivity contribution in [3.8, 4) is 5.75 Å². The number of ether oxygens (including phenoxy) is 1. The van der Waals surface area contributed by atoms with Gasteiger partial charge in [-0.1, -0.05) is 35.0 Å². The van der Waals surface area contributed by atoms with Gasteiger partial charge in [-0.3, -0.25) is 9.10 Å². The average molecular weight is 458 g/mol. The Labute approximate surface area is 188 Å². The Bertz CT molecular complexity index is 1150. The second kappa shape index (κ2) is 9.86. The summed E-state index contributed by atoms with van der Waals surface area (Å²) < 4.78 is 38.6. The van der Waals surface area contributed by atoms with Gasteiger partial charge in [0.1, 0.15) is 18.0 Å². The Kier molecular flexibility index (Phi) is 7.19. The highest BCUT2D eigenvalue weighted by Crippen LogP contribution is 2.29. The van der Waals surface area contributed by atoms with Crippen LogP contribution in [0, 0.1) is 20.8 Å². The van der Waals surface area contributed by atoms with Crippen LogP contribution < -0.4 is 14.4 Å². The fourth-order valence-corrected chi connectivity index (χ4v) is 4.95. The molecule has 0 aliphatic carbocycles. The third-order valence-electron chi connectivity index (χ3n) is 4.85. The molecular formula is C23H27N3O5S. The summed E-state index contributed by atoms with van der Waals surface area (Å²) in [6.45, 7) is 7.31. The molecule has 0 saturated heterocycles. The summed E-state index contributed by atoms with van der Waals surface area (Å²) in [4.78, 5) is 12.7. The molecule has 0 bridgehead atoms. The lowest BCUT2D eigenvalue weighted by Gasteiger charge is -2.24. The quantitative estimate of drug-likeness (QED) is 0.528. The first kappa shape index (κ1) is 23.3. The van der Waals surface area contributed by atoms with Crippen molar-refractivity contribution in [2.24, 2.45) is 0 Å². The molecule has 32 heavy (non-hydrogen) atoms. The molecule has 1 heterocycles. The van der Waals surface area contributed by atoms with E-state index >= 15 is 0 Å². The van der Waals surface area contributed by atoms with Gasteiger partial charge in [0.15, 0.2) is 10.7 Å². The van der Waals surface area contributed by atoms with Crippen molar-refractivity contribution >= 4 is 21.6 Å². The highest BCUT2D eigenvalue weighted by molar-refractivity contribution is 7.93. The number of benzene rings is 2. The number of carbonyl (C=O) groups is 1. The van der Waals surface area contributed by atoms with Gasteiger partial charge in [-0.2, -0.15) is 0 Å². The number of anilines is 1. The Morgan fingerprint density at radius 3 is 2.28 bits per heavy atom. The zero-order valence-corrected chi connectivity index (χ0v) is 19.4. The molecule has 3 rings (SSSR count). The molecular weight excluding hydrogens is 430 g/mol. The number of carbonyl (C=O) groups excluding carboxylic acids is 1. The van der Waals surface area contributed by atoms with Crippen molar-refractivity contribution in [3.05, 3.63) is 71.1 Å². The van der Waals surface area contributed by atoms with Crippen molar-refractivity contribution in [1.29, 1.82) is 0 Å². The second-order valence-corrected chi connectivity index (χ2v) is 9.15. The molecule has 0 saturated carbocycles. The maximum Gasteiger partial charge on any atom is 0.270 e. The van der Waals surface area contributed by atoms with E-state index in [1.807, 2.05) is 38.1 Å². The van der Waals surface area contributed by atoms with E-state index in [0.29, 0.717) is 24.6 Å². The van der Waals surface area contributed by atoms with E-state index in [1.165, 1.54) is 6.92 Å². The number of hydrogen-bond donors (Lipinski definition) is 1. The minimum absolute atomic E-state index is 0.0438. The van der Waals surface area contributed by atoms with E-state index in [0.717, 1.165) is 15.4 Å². The van der Waals surface area contributed by atoms with Crippen LogP contribution in [-0.2, 0) is 21.4 Å². The lowest BCUT2D eigenvalue weighted by molar-refractivity contribution is -0.119. The van der Waals surface area contributed by atoms with Crippen molar-refractivity contribution < 1.29 is 22.5 Å². The molecule has 3 aromatic rings. The largest absolute Gasteiger partial charge is 0.494 e. The van der Waals surface area contributed by atoms with Gasteiger partial charge in [0, 0.05) is 6.54 Å². The predicted octanol–water partition coefficient (Wildman–Crippen LogP) is 3.51. The first-order valence-corrected chi connectivity index (χ1v) is 11.7. The van der Waals surface area contributed by atoms with Crippen molar-refractivity contribution in [1.82, 2.24) is 10.5 Å². The first-order chi connectivity index (χ1) is 15.2. The molecule has 0 aliphatic heterocycles.